The Labute approximate surface area is 166 Å². The standard InChI is InChI=1S/C22H30N2O4/c1-3-15-28-18-11-9-16(10-12-18)19-20(23(2)13-14-25)22(27)24(21(19)26)17-7-5-4-6-8-17/h9-12,17,25H,3-8,13-15H2,1-2H3. The van der Waals surface area contributed by atoms with Crippen molar-refractivity contribution in [3.63, 3.8) is 0 Å². The molecule has 1 heterocycles. The van der Waals surface area contributed by atoms with Crippen molar-refractivity contribution < 1.29 is 19.4 Å². The highest BCUT2D eigenvalue weighted by molar-refractivity contribution is 6.35. The van der Waals surface area contributed by atoms with E-state index in [9.17, 15) is 14.7 Å². The van der Waals surface area contributed by atoms with Gasteiger partial charge in [0.1, 0.15) is 11.4 Å². The maximum absolute atomic E-state index is 13.3. The van der Waals surface area contributed by atoms with Gasteiger partial charge < -0.3 is 14.7 Å². The number of likely N-dealkylation sites (N-methyl/N-ethyl adjacent to an activating group) is 1. The minimum atomic E-state index is -0.242. The van der Waals surface area contributed by atoms with Crippen molar-refractivity contribution in [2.45, 2.75) is 51.5 Å². The number of hydrogen-bond acceptors (Lipinski definition) is 5. The van der Waals surface area contributed by atoms with Gasteiger partial charge in [-0.2, -0.15) is 0 Å². The van der Waals surface area contributed by atoms with Crippen LogP contribution in [-0.4, -0.2) is 59.6 Å². The molecule has 0 atom stereocenters. The fraction of sp³-hybridized carbons (Fsp3) is 0.545. The lowest BCUT2D eigenvalue weighted by atomic mass is 9.94. The summed E-state index contributed by atoms with van der Waals surface area (Å²) in [6, 6.07) is 7.31. The number of aliphatic hydroxyl groups is 1. The van der Waals surface area contributed by atoms with Crippen LogP contribution >= 0.6 is 0 Å². The number of amides is 2. The Hall–Kier alpha value is -2.34. The second kappa shape index (κ2) is 9.24. The lowest BCUT2D eigenvalue weighted by Gasteiger charge is -2.30. The molecule has 2 aliphatic rings. The summed E-state index contributed by atoms with van der Waals surface area (Å²) in [4.78, 5) is 29.7. The SMILES string of the molecule is CCCOc1ccc(C2=C(N(C)CCO)C(=O)N(C3CCCCC3)C2=O)cc1. The first-order chi connectivity index (χ1) is 13.6. The summed E-state index contributed by atoms with van der Waals surface area (Å²) in [5.74, 6) is 0.283. The van der Waals surface area contributed by atoms with E-state index in [1.807, 2.05) is 31.2 Å². The van der Waals surface area contributed by atoms with Crippen LogP contribution in [0.2, 0.25) is 0 Å². The van der Waals surface area contributed by atoms with Crippen LogP contribution in [0.3, 0.4) is 0 Å². The van der Waals surface area contributed by atoms with Gasteiger partial charge in [0.2, 0.25) is 0 Å². The number of aliphatic hydroxyl groups excluding tert-OH is 1. The zero-order valence-corrected chi connectivity index (χ0v) is 16.8. The van der Waals surface area contributed by atoms with E-state index in [1.165, 1.54) is 4.90 Å². The molecule has 0 bridgehead atoms. The molecule has 1 fully saturated rings. The molecule has 152 valence electrons. The molecule has 3 rings (SSSR count). The average Bonchev–Trinajstić information content (AvgIpc) is 2.98. The molecule has 1 aromatic carbocycles. The van der Waals surface area contributed by atoms with Crippen molar-refractivity contribution in [3.05, 3.63) is 35.5 Å². The highest BCUT2D eigenvalue weighted by Gasteiger charge is 2.44. The quantitative estimate of drug-likeness (QED) is 0.696. The zero-order valence-electron chi connectivity index (χ0n) is 16.8. The lowest BCUT2D eigenvalue weighted by molar-refractivity contribution is -0.140. The van der Waals surface area contributed by atoms with Crippen LogP contribution in [0.15, 0.2) is 30.0 Å². The van der Waals surface area contributed by atoms with E-state index in [4.69, 9.17) is 4.74 Å². The first-order valence-corrected chi connectivity index (χ1v) is 10.3. The van der Waals surface area contributed by atoms with E-state index in [1.54, 1.807) is 11.9 Å². The molecule has 0 unspecified atom stereocenters. The first-order valence-electron chi connectivity index (χ1n) is 10.3. The molecular weight excluding hydrogens is 356 g/mol. The monoisotopic (exact) mass is 386 g/mol. The average molecular weight is 386 g/mol. The normalized spacial score (nSPS) is 18.2. The molecule has 6 heteroatoms. The number of rotatable bonds is 8. The summed E-state index contributed by atoms with van der Waals surface area (Å²) in [5, 5.41) is 9.35. The van der Waals surface area contributed by atoms with E-state index in [-0.39, 0.29) is 24.5 Å². The van der Waals surface area contributed by atoms with Crippen molar-refractivity contribution in [1.82, 2.24) is 9.80 Å². The molecule has 1 N–H and O–H groups in total. The minimum Gasteiger partial charge on any atom is -0.494 e. The highest BCUT2D eigenvalue weighted by Crippen LogP contribution is 2.36. The summed E-state index contributed by atoms with van der Waals surface area (Å²) in [6.45, 7) is 2.90. The molecule has 0 spiro atoms. The topological polar surface area (TPSA) is 70.1 Å². The molecule has 0 aromatic heterocycles. The molecule has 0 radical (unpaired) electrons. The Morgan fingerprint density at radius 1 is 1.11 bits per heavy atom. The number of nitrogens with zero attached hydrogens (tertiary/aromatic N) is 2. The van der Waals surface area contributed by atoms with Gasteiger partial charge in [0, 0.05) is 19.6 Å². The van der Waals surface area contributed by atoms with Crippen molar-refractivity contribution in [2.75, 3.05) is 26.8 Å². The lowest BCUT2D eigenvalue weighted by Crippen LogP contribution is -2.43. The van der Waals surface area contributed by atoms with E-state index in [2.05, 4.69) is 0 Å². The molecule has 1 aliphatic heterocycles. The molecule has 0 saturated heterocycles. The zero-order chi connectivity index (χ0) is 20.1. The van der Waals surface area contributed by atoms with Gasteiger partial charge in [-0.1, -0.05) is 38.3 Å². The van der Waals surface area contributed by atoms with Gasteiger partial charge in [-0.25, -0.2) is 0 Å². The highest BCUT2D eigenvalue weighted by atomic mass is 16.5. The van der Waals surface area contributed by atoms with Crippen molar-refractivity contribution in [2.24, 2.45) is 0 Å². The Bertz CT molecular complexity index is 735. The number of ether oxygens (including phenoxy) is 1. The van der Waals surface area contributed by atoms with Crippen LogP contribution in [0.25, 0.3) is 5.57 Å². The summed E-state index contributed by atoms with van der Waals surface area (Å²) < 4.78 is 5.63. The van der Waals surface area contributed by atoms with Gasteiger partial charge >= 0.3 is 0 Å². The van der Waals surface area contributed by atoms with Gasteiger partial charge in [-0.3, -0.25) is 14.5 Å². The molecule has 6 nitrogen and oxygen atoms in total. The fourth-order valence-corrected chi connectivity index (χ4v) is 4.02. The van der Waals surface area contributed by atoms with Crippen LogP contribution in [-0.2, 0) is 9.59 Å². The third kappa shape index (κ3) is 4.07. The maximum atomic E-state index is 13.3. The fourth-order valence-electron chi connectivity index (χ4n) is 4.02. The summed E-state index contributed by atoms with van der Waals surface area (Å²) >= 11 is 0. The second-order valence-electron chi connectivity index (χ2n) is 7.51. The Kier molecular flexibility index (Phi) is 6.73. The van der Waals surface area contributed by atoms with Crippen molar-refractivity contribution >= 4 is 17.4 Å². The smallest absolute Gasteiger partial charge is 0.278 e. The second-order valence-corrected chi connectivity index (χ2v) is 7.51. The molecule has 2 amide bonds. The van der Waals surface area contributed by atoms with Gasteiger partial charge in [-0.15, -0.1) is 0 Å². The Morgan fingerprint density at radius 3 is 2.39 bits per heavy atom. The van der Waals surface area contributed by atoms with Crippen LogP contribution in [0, 0.1) is 0 Å². The van der Waals surface area contributed by atoms with Crippen LogP contribution in [0.1, 0.15) is 51.0 Å². The van der Waals surface area contributed by atoms with E-state index in [0.29, 0.717) is 30.0 Å². The number of imide groups is 1. The molecule has 1 aliphatic carbocycles. The number of hydrogen-bond donors (Lipinski definition) is 1. The maximum Gasteiger partial charge on any atom is 0.278 e. The minimum absolute atomic E-state index is 0.0315. The first kappa shape index (κ1) is 20.4. The van der Waals surface area contributed by atoms with Crippen LogP contribution in [0.4, 0.5) is 0 Å². The predicted molar refractivity (Wildman–Crippen MR) is 108 cm³/mol. The molecular formula is C22H30N2O4. The van der Waals surface area contributed by atoms with Gasteiger partial charge in [0.25, 0.3) is 11.8 Å². The van der Waals surface area contributed by atoms with Gasteiger partial charge in [0.05, 0.1) is 18.8 Å². The summed E-state index contributed by atoms with van der Waals surface area (Å²) in [5.41, 5.74) is 1.51. The molecule has 1 saturated carbocycles. The number of carbonyl (C=O) groups is 2. The van der Waals surface area contributed by atoms with E-state index in [0.717, 1.165) is 44.3 Å². The summed E-state index contributed by atoms with van der Waals surface area (Å²) in [6.07, 6.45) is 5.90. The predicted octanol–water partition coefficient (Wildman–Crippen LogP) is 2.81. The molecule has 1 aromatic rings. The Morgan fingerprint density at radius 2 is 1.79 bits per heavy atom. The Balaban J connectivity index is 1.95. The van der Waals surface area contributed by atoms with Crippen molar-refractivity contribution in [1.29, 1.82) is 0 Å². The third-order valence-corrected chi connectivity index (χ3v) is 5.46. The van der Waals surface area contributed by atoms with E-state index >= 15 is 0 Å². The van der Waals surface area contributed by atoms with E-state index < -0.39 is 0 Å². The van der Waals surface area contributed by atoms with Crippen molar-refractivity contribution in [3.8, 4) is 5.75 Å². The van der Waals surface area contributed by atoms with Gasteiger partial charge in [-0.05, 0) is 37.0 Å². The van der Waals surface area contributed by atoms with Crippen LogP contribution in [0.5, 0.6) is 5.75 Å². The summed E-state index contributed by atoms with van der Waals surface area (Å²) in [7, 11) is 1.75. The third-order valence-electron chi connectivity index (χ3n) is 5.46. The molecule has 28 heavy (non-hydrogen) atoms. The van der Waals surface area contributed by atoms with Crippen LogP contribution < -0.4 is 4.74 Å². The largest absolute Gasteiger partial charge is 0.494 e. The van der Waals surface area contributed by atoms with Gasteiger partial charge in [0.15, 0.2) is 0 Å². The number of carbonyl (C=O) groups excluding carboxylic acids is 2. The number of benzene rings is 1.